The summed E-state index contributed by atoms with van der Waals surface area (Å²) < 4.78 is 2.00. The van der Waals surface area contributed by atoms with Crippen LogP contribution in [0.4, 0.5) is 16.5 Å². The average molecular weight is 436 g/mol. The molecule has 3 aromatic rings. The average Bonchev–Trinajstić information content (AvgIpc) is 2.96. The maximum absolute atomic E-state index is 10.7. The van der Waals surface area contributed by atoms with Crippen LogP contribution in [0.3, 0.4) is 0 Å². The number of aliphatic hydroxyl groups is 1. The number of anilines is 2. The van der Waals surface area contributed by atoms with Gasteiger partial charge in [-0.25, -0.2) is 9.88 Å². The summed E-state index contributed by atoms with van der Waals surface area (Å²) in [5, 5.41) is 27.6. The molecular weight excluding hydrogens is 418 g/mol. The smallest absolute Gasteiger partial charge is 0.339 e. The van der Waals surface area contributed by atoms with Crippen LogP contribution < -0.4 is 26.9 Å². The molecule has 2 N–H and O–H groups in total. The highest BCUT2D eigenvalue weighted by molar-refractivity contribution is 7.13. The quantitative estimate of drug-likeness (QED) is 0.340. The molecule has 3 rings (SSSR count). The van der Waals surface area contributed by atoms with Gasteiger partial charge < -0.3 is 22.1 Å². The summed E-state index contributed by atoms with van der Waals surface area (Å²) in [7, 11) is 0. The molecule has 1 aromatic heterocycles. The lowest BCUT2D eigenvalue weighted by atomic mass is 10.1. The van der Waals surface area contributed by atoms with E-state index in [1.54, 1.807) is 23.5 Å². The van der Waals surface area contributed by atoms with Gasteiger partial charge in [0.2, 0.25) is 0 Å². The molecule has 26 heavy (non-hydrogen) atoms. The number of hydrogen-bond donors (Lipinski definition) is 2. The van der Waals surface area contributed by atoms with Crippen LogP contribution in [0.15, 0.2) is 60.0 Å². The number of non-ortho nitro benzene ring substituents is 1. The number of halogens is 1. The minimum atomic E-state index is -0.754. The third-order valence-corrected chi connectivity index (χ3v) is 4.89. The number of benzene rings is 2. The number of hydrogen-bond acceptors (Lipinski definition) is 5. The molecule has 6 nitrogen and oxygen atoms in total. The molecule has 136 valence electrons. The number of aromatic nitrogens is 1. The molecule has 0 aliphatic carbocycles. The first-order valence-corrected chi connectivity index (χ1v) is 8.65. The Balaban J connectivity index is 0.00000243. The summed E-state index contributed by atoms with van der Waals surface area (Å²) in [5.74, 6) is 0. The molecule has 0 amide bonds. The Morgan fingerprint density at radius 2 is 1.85 bits per heavy atom. The van der Waals surface area contributed by atoms with Crippen molar-refractivity contribution >= 4 is 27.8 Å². The van der Waals surface area contributed by atoms with Crippen molar-refractivity contribution < 1.29 is 31.6 Å². The summed E-state index contributed by atoms with van der Waals surface area (Å²) in [6.07, 6.45) is -0.754. The predicted octanol–water partition coefficient (Wildman–Crippen LogP) is 0.733. The Hall–Kier alpha value is -2.29. The van der Waals surface area contributed by atoms with Crippen LogP contribution in [0, 0.1) is 17.0 Å². The first kappa shape index (κ1) is 20.0. The van der Waals surface area contributed by atoms with Crippen LogP contribution in [-0.2, 0) is 6.54 Å². The van der Waals surface area contributed by atoms with Crippen molar-refractivity contribution in [3.05, 3.63) is 81.3 Å². The van der Waals surface area contributed by atoms with E-state index in [0.717, 1.165) is 16.5 Å². The molecule has 1 unspecified atom stereocenters. The lowest BCUT2D eigenvalue weighted by molar-refractivity contribution is -0.692. The van der Waals surface area contributed by atoms with Crippen molar-refractivity contribution in [1.82, 2.24) is 0 Å². The molecule has 0 aliphatic heterocycles. The number of thiazole rings is 1. The van der Waals surface area contributed by atoms with Crippen molar-refractivity contribution in [2.24, 2.45) is 0 Å². The summed E-state index contributed by atoms with van der Waals surface area (Å²) in [5.41, 5.74) is 2.67. The summed E-state index contributed by atoms with van der Waals surface area (Å²) >= 11 is 1.57. The number of nitro benzene ring substituents is 1. The van der Waals surface area contributed by atoms with Crippen LogP contribution >= 0.6 is 11.3 Å². The maximum atomic E-state index is 10.7. The molecule has 0 fully saturated rings. The van der Waals surface area contributed by atoms with Crippen LogP contribution in [-0.4, -0.2) is 10.0 Å². The second kappa shape index (κ2) is 8.88. The highest BCUT2D eigenvalue weighted by Gasteiger charge is 2.20. The number of aryl methyl sites for hydroxylation is 1. The number of nitrogens with one attached hydrogen (secondary N) is 1. The fourth-order valence-corrected chi connectivity index (χ4v) is 3.43. The summed E-state index contributed by atoms with van der Waals surface area (Å²) in [6.45, 7) is 2.34. The van der Waals surface area contributed by atoms with E-state index < -0.39 is 11.0 Å². The Morgan fingerprint density at radius 3 is 2.46 bits per heavy atom. The van der Waals surface area contributed by atoms with Crippen LogP contribution in [0.1, 0.15) is 17.4 Å². The Labute approximate surface area is 165 Å². The lowest BCUT2D eigenvalue weighted by Gasteiger charge is -2.11. The highest BCUT2D eigenvalue weighted by atomic mass is 79.9. The number of para-hydroxylation sites is 1. The lowest BCUT2D eigenvalue weighted by Crippen LogP contribution is -3.00. The number of aliphatic hydroxyl groups excluding tert-OH is 1. The van der Waals surface area contributed by atoms with Crippen molar-refractivity contribution in [2.75, 3.05) is 5.32 Å². The predicted molar refractivity (Wildman–Crippen MR) is 97.0 cm³/mol. The zero-order valence-electron chi connectivity index (χ0n) is 14.0. The van der Waals surface area contributed by atoms with Crippen molar-refractivity contribution in [3.8, 4) is 0 Å². The van der Waals surface area contributed by atoms with Crippen molar-refractivity contribution in [3.63, 3.8) is 0 Å². The van der Waals surface area contributed by atoms with E-state index in [0.29, 0.717) is 12.1 Å². The highest BCUT2D eigenvalue weighted by Crippen LogP contribution is 2.22. The Morgan fingerprint density at radius 1 is 1.19 bits per heavy atom. The second-order valence-electron chi connectivity index (χ2n) is 5.65. The van der Waals surface area contributed by atoms with Gasteiger partial charge in [-0.1, -0.05) is 29.5 Å². The van der Waals surface area contributed by atoms with Crippen LogP contribution in [0.5, 0.6) is 0 Å². The molecule has 0 saturated heterocycles. The molecule has 0 radical (unpaired) electrons. The largest absolute Gasteiger partial charge is 1.00 e. The standard InChI is InChI=1S/C18H17N3O3S.BrH/c1-13-12-25-18(19-15-5-3-2-4-6-15)20(13)11-17(22)14-7-9-16(10-8-14)21(23)24;/h2-10,12,17,22H,11H2,1H3;1H. The minimum Gasteiger partial charge on any atom is -1.00 e. The first-order valence-electron chi connectivity index (χ1n) is 7.77. The van der Waals surface area contributed by atoms with Crippen LogP contribution in [0.25, 0.3) is 0 Å². The molecular formula is C18H18BrN3O3S. The molecule has 8 heteroatoms. The summed E-state index contributed by atoms with van der Waals surface area (Å²) in [4.78, 5) is 10.3. The van der Waals surface area contributed by atoms with Gasteiger partial charge in [0.25, 0.3) is 5.69 Å². The van der Waals surface area contributed by atoms with E-state index in [4.69, 9.17) is 0 Å². The molecule has 0 aliphatic rings. The van der Waals surface area contributed by atoms with E-state index in [1.165, 1.54) is 12.1 Å². The molecule has 0 bridgehead atoms. The third-order valence-electron chi connectivity index (χ3n) is 3.88. The minimum absolute atomic E-state index is 0. The van der Waals surface area contributed by atoms with E-state index in [2.05, 4.69) is 5.32 Å². The van der Waals surface area contributed by atoms with Gasteiger partial charge in [0.15, 0.2) is 0 Å². The molecule has 2 aromatic carbocycles. The second-order valence-corrected chi connectivity index (χ2v) is 6.51. The molecule has 0 spiro atoms. The van der Waals surface area contributed by atoms with Gasteiger partial charge in [0, 0.05) is 17.5 Å². The Kier molecular flexibility index (Phi) is 6.84. The zero-order chi connectivity index (χ0) is 17.8. The number of nitrogens with zero attached hydrogens (tertiary/aromatic N) is 2. The third kappa shape index (κ3) is 4.66. The zero-order valence-corrected chi connectivity index (χ0v) is 16.4. The van der Waals surface area contributed by atoms with E-state index in [9.17, 15) is 15.2 Å². The van der Waals surface area contributed by atoms with Crippen molar-refractivity contribution in [2.45, 2.75) is 19.6 Å². The number of nitro groups is 1. The topological polar surface area (TPSA) is 79.3 Å². The fraction of sp³-hybridized carbons (Fsp3) is 0.167. The number of rotatable bonds is 6. The van der Waals surface area contributed by atoms with Gasteiger partial charge >= 0.3 is 5.13 Å². The molecule has 1 atom stereocenters. The van der Waals surface area contributed by atoms with Gasteiger partial charge in [0.1, 0.15) is 24.0 Å². The van der Waals surface area contributed by atoms with Crippen molar-refractivity contribution in [1.29, 1.82) is 0 Å². The van der Waals surface area contributed by atoms with Gasteiger partial charge in [-0.05, 0) is 36.8 Å². The summed E-state index contributed by atoms with van der Waals surface area (Å²) in [6, 6.07) is 15.8. The van der Waals surface area contributed by atoms with Gasteiger partial charge in [-0.2, -0.15) is 0 Å². The SMILES string of the molecule is Cc1csc(Nc2ccccc2)[n+]1CC(O)c1ccc([N+](=O)[O-])cc1.[Br-]. The van der Waals surface area contributed by atoms with Gasteiger partial charge in [-0.15, -0.1) is 0 Å². The normalized spacial score (nSPS) is 11.5. The maximum Gasteiger partial charge on any atom is 0.339 e. The monoisotopic (exact) mass is 435 g/mol. The van der Waals surface area contributed by atoms with E-state index >= 15 is 0 Å². The Bertz CT molecular complexity index is 869. The first-order chi connectivity index (χ1) is 12.0. The van der Waals surface area contributed by atoms with E-state index in [-0.39, 0.29) is 22.7 Å². The van der Waals surface area contributed by atoms with E-state index in [1.807, 2.05) is 47.2 Å². The molecule has 0 saturated carbocycles. The van der Waals surface area contributed by atoms with Gasteiger partial charge in [-0.3, -0.25) is 10.1 Å². The van der Waals surface area contributed by atoms with Crippen LogP contribution in [0.2, 0.25) is 0 Å². The van der Waals surface area contributed by atoms with Gasteiger partial charge in [0.05, 0.1) is 4.92 Å². The fourth-order valence-electron chi connectivity index (χ4n) is 2.49. The molecule has 1 heterocycles.